The molecule has 5 nitrogen and oxygen atoms in total. The molecule has 1 aliphatic carbocycles. The van der Waals surface area contributed by atoms with Gasteiger partial charge in [0.25, 0.3) is 11.8 Å². The van der Waals surface area contributed by atoms with E-state index in [2.05, 4.69) is 37.1 Å². The summed E-state index contributed by atoms with van der Waals surface area (Å²) in [7, 11) is 2.17. The fourth-order valence-corrected chi connectivity index (χ4v) is 6.31. The fraction of sp³-hybridized carbons (Fsp3) is 0.481. The van der Waals surface area contributed by atoms with E-state index in [9.17, 15) is 9.59 Å². The molecule has 0 aromatic heterocycles. The molecule has 32 heavy (non-hydrogen) atoms. The average molecular weight is 433 g/mol. The van der Waals surface area contributed by atoms with Gasteiger partial charge in [0, 0.05) is 24.0 Å². The zero-order chi connectivity index (χ0) is 22.6. The molecule has 3 aliphatic rings. The number of nitrogens with zero attached hydrogens (tertiary/aromatic N) is 2. The van der Waals surface area contributed by atoms with Gasteiger partial charge < -0.3 is 9.64 Å². The fourth-order valence-electron chi connectivity index (χ4n) is 6.31. The summed E-state index contributed by atoms with van der Waals surface area (Å²) in [6, 6.07) is 15.9. The minimum Gasteiger partial charge on any atom is -0.491 e. The molecule has 2 aromatic rings. The molecule has 2 aliphatic heterocycles. The summed E-state index contributed by atoms with van der Waals surface area (Å²) in [4.78, 5) is 30.5. The van der Waals surface area contributed by atoms with Crippen molar-refractivity contribution >= 4 is 11.8 Å². The van der Waals surface area contributed by atoms with Crippen molar-refractivity contribution in [1.29, 1.82) is 0 Å². The van der Waals surface area contributed by atoms with E-state index in [1.54, 1.807) is 17.0 Å². The molecule has 2 fully saturated rings. The average Bonchev–Trinajstić information content (AvgIpc) is 3.02. The summed E-state index contributed by atoms with van der Waals surface area (Å²) in [6.07, 6.45) is 2.78. The van der Waals surface area contributed by atoms with Crippen molar-refractivity contribution in [1.82, 2.24) is 9.80 Å². The first kappa shape index (κ1) is 21.2. The van der Waals surface area contributed by atoms with Gasteiger partial charge >= 0.3 is 0 Å². The second-order valence-corrected chi connectivity index (χ2v) is 10.2. The molecule has 5 heteroatoms. The summed E-state index contributed by atoms with van der Waals surface area (Å²) in [5.74, 6) is 1.00. The normalized spacial score (nSPS) is 30.0. The summed E-state index contributed by atoms with van der Waals surface area (Å²) >= 11 is 0. The van der Waals surface area contributed by atoms with Gasteiger partial charge in [-0.15, -0.1) is 0 Å². The van der Waals surface area contributed by atoms with Gasteiger partial charge in [-0.05, 0) is 75.9 Å². The Labute approximate surface area is 190 Å². The van der Waals surface area contributed by atoms with Crippen LogP contribution in [0.5, 0.6) is 5.75 Å². The van der Waals surface area contributed by atoms with Crippen LogP contribution < -0.4 is 4.74 Å². The van der Waals surface area contributed by atoms with Gasteiger partial charge in [0.2, 0.25) is 0 Å². The molecule has 168 valence electrons. The Morgan fingerprint density at radius 1 is 0.969 bits per heavy atom. The van der Waals surface area contributed by atoms with Gasteiger partial charge in [-0.2, -0.15) is 0 Å². The van der Waals surface area contributed by atoms with Crippen molar-refractivity contribution in [2.75, 3.05) is 13.6 Å². The predicted molar refractivity (Wildman–Crippen MR) is 124 cm³/mol. The third-order valence-electron chi connectivity index (χ3n) is 7.84. The molecule has 2 bridgehead atoms. The molecule has 4 unspecified atom stereocenters. The predicted octanol–water partition coefficient (Wildman–Crippen LogP) is 4.51. The van der Waals surface area contributed by atoms with Gasteiger partial charge in [0.1, 0.15) is 5.75 Å². The number of benzene rings is 2. The number of fused-ring (bicyclic) bond motifs is 3. The quantitative estimate of drug-likeness (QED) is 0.667. The number of imide groups is 1. The van der Waals surface area contributed by atoms with Crippen LogP contribution in [0.25, 0.3) is 0 Å². The van der Waals surface area contributed by atoms with Crippen molar-refractivity contribution in [2.45, 2.75) is 63.6 Å². The highest BCUT2D eigenvalue weighted by Gasteiger charge is 2.53. The molecule has 1 saturated heterocycles. The number of carbonyl (C=O) groups is 2. The minimum absolute atomic E-state index is 0.0915. The number of likely N-dealkylation sites (tertiary alicyclic amines) is 1. The lowest BCUT2D eigenvalue weighted by molar-refractivity contribution is -0.0101. The van der Waals surface area contributed by atoms with Gasteiger partial charge in [0.15, 0.2) is 0 Å². The molecule has 2 heterocycles. The lowest BCUT2D eigenvalue weighted by Crippen LogP contribution is -2.61. The van der Waals surface area contributed by atoms with Crippen molar-refractivity contribution in [3.8, 4) is 5.75 Å². The number of rotatable bonds is 4. The minimum atomic E-state index is -0.141. The van der Waals surface area contributed by atoms with Crippen LogP contribution in [0, 0.1) is 5.92 Å². The van der Waals surface area contributed by atoms with E-state index < -0.39 is 0 Å². The molecule has 0 N–H and O–H groups in total. The van der Waals surface area contributed by atoms with E-state index in [0.29, 0.717) is 23.1 Å². The highest BCUT2D eigenvalue weighted by molar-refractivity contribution is 6.21. The van der Waals surface area contributed by atoms with Crippen molar-refractivity contribution in [3.63, 3.8) is 0 Å². The van der Waals surface area contributed by atoms with Crippen LogP contribution in [0.3, 0.4) is 0 Å². The Balaban J connectivity index is 1.54. The second-order valence-electron chi connectivity index (χ2n) is 10.2. The lowest BCUT2D eigenvalue weighted by atomic mass is 9.57. The Kier molecular flexibility index (Phi) is 5.12. The van der Waals surface area contributed by atoms with Crippen molar-refractivity contribution in [3.05, 3.63) is 65.2 Å². The first-order chi connectivity index (χ1) is 15.3. The van der Waals surface area contributed by atoms with Crippen molar-refractivity contribution in [2.24, 2.45) is 5.92 Å². The molecule has 5 rings (SSSR count). The highest BCUT2D eigenvalue weighted by Crippen LogP contribution is 2.51. The molecular weight excluding hydrogens is 400 g/mol. The van der Waals surface area contributed by atoms with E-state index in [1.807, 2.05) is 32.0 Å². The number of amides is 2. The first-order valence-electron chi connectivity index (χ1n) is 11.7. The van der Waals surface area contributed by atoms with Crippen LogP contribution in [0.1, 0.15) is 66.3 Å². The SMILES string of the molecule is CC(C)Oc1cccc(C23CC(CC(N4C(=O)c5ccccc5C4=O)C2)N(C)CC3C)c1. The Morgan fingerprint density at radius 3 is 2.28 bits per heavy atom. The third-order valence-corrected chi connectivity index (χ3v) is 7.84. The van der Waals surface area contributed by atoms with E-state index in [1.165, 1.54) is 5.56 Å². The molecule has 2 amide bonds. The number of hydrogen-bond acceptors (Lipinski definition) is 4. The largest absolute Gasteiger partial charge is 0.491 e. The molecule has 2 aromatic carbocycles. The Morgan fingerprint density at radius 2 is 1.62 bits per heavy atom. The van der Waals surface area contributed by atoms with E-state index in [4.69, 9.17) is 4.74 Å². The summed E-state index contributed by atoms with van der Waals surface area (Å²) in [6.45, 7) is 7.40. The van der Waals surface area contributed by atoms with Crippen LogP contribution in [0.4, 0.5) is 0 Å². The Hall–Kier alpha value is -2.66. The topological polar surface area (TPSA) is 49.9 Å². The number of carbonyl (C=O) groups excluding carboxylic acids is 2. The van der Waals surface area contributed by atoms with Gasteiger partial charge in [-0.25, -0.2) is 0 Å². The molecule has 0 spiro atoms. The molecule has 0 radical (unpaired) electrons. The van der Waals surface area contributed by atoms with Crippen LogP contribution in [-0.2, 0) is 5.41 Å². The van der Waals surface area contributed by atoms with Crippen LogP contribution in [0.15, 0.2) is 48.5 Å². The number of piperidine rings is 1. The smallest absolute Gasteiger partial charge is 0.261 e. The monoisotopic (exact) mass is 432 g/mol. The summed E-state index contributed by atoms with van der Waals surface area (Å²) < 4.78 is 6.01. The van der Waals surface area contributed by atoms with Gasteiger partial charge in [-0.3, -0.25) is 14.5 Å². The van der Waals surface area contributed by atoms with Crippen LogP contribution >= 0.6 is 0 Å². The number of ether oxygens (including phenoxy) is 1. The maximum absolute atomic E-state index is 13.3. The zero-order valence-corrected chi connectivity index (χ0v) is 19.4. The molecule has 1 saturated carbocycles. The zero-order valence-electron chi connectivity index (χ0n) is 19.4. The van der Waals surface area contributed by atoms with Crippen LogP contribution in [-0.4, -0.2) is 53.4 Å². The van der Waals surface area contributed by atoms with Crippen molar-refractivity contribution < 1.29 is 14.3 Å². The van der Waals surface area contributed by atoms with Gasteiger partial charge in [-0.1, -0.05) is 31.2 Å². The van der Waals surface area contributed by atoms with E-state index in [-0.39, 0.29) is 29.4 Å². The van der Waals surface area contributed by atoms with E-state index >= 15 is 0 Å². The Bertz CT molecular complexity index is 1030. The number of hydrogen-bond donors (Lipinski definition) is 0. The third kappa shape index (κ3) is 3.25. The standard InChI is InChI=1S/C27H32N2O3/c1-17(2)32-22-9-7-8-19(12-22)27-14-20(28(4)16-18(27)3)13-21(15-27)29-25(30)23-10-5-6-11-24(23)26(29)31/h5-12,17-18,20-21H,13-16H2,1-4H3. The second kappa shape index (κ2) is 7.73. The summed E-state index contributed by atoms with van der Waals surface area (Å²) in [5, 5.41) is 0. The maximum atomic E-state index is 13.3. The molecule has 4 atom stereocenters. The lowest BCUT2D eigenvalue weighted by Gasteiger charge is -2.56. The van der Waals surface area contributed by atoms with Crippen LogP contribution in [0.2, 0.25) is 0 Å². The van der Waals surface area contributed by atoms with Gasteiger partial charge in [0.05, 0.1) is 17.2 Å². The highest BCUT2D eigenvalue weighted by atomic mass is 16.5. The van der Waals surface area contributed by atoms with E-state index in [0.717, 1.165) is 31.6 Å². The maximum Gasteiger partial charge on any atom is 0.261 e. The summed E-state index contributed by atoms with van der Waals surface area (Å²) in [5.41, 5.74) is 2.25. The molecular formula is C27H32N2O3. The first-order valence-corrected chi connectivity index (χ1v) is 11.7.